The Kier molecular flexibility index (Phi) is 4.25. The molecule has 0 unspecified atom stereocenters. The number of halogens is 1. The van der Waals surface area contributed by atoms with Crippen molar-refractivity contribution in [1.29, 1.82) is 0 Å². The summed E-state index contributed by atoms with van der Waals surface area (Å²) in [5, 5.41) is 8.60. The van der Waals surface area contributed by atoms with E-state index in [9.17, 15) is 0 Å². The molecule has 102 valence electrons. The SMILES string of the molecule is CCc1nnc(Cl)n1C(C)(C)CCc1ccccc1. The lowest BCUT2D eigenvalue weighted by atomic mass is 9.95. The fourth-order valence-corrected chi connectivity index (χ4v) is 2.69. The first-order valence-electron chi connectivity index (χ1n) is 6.69. The Hall–Kier alpha value is -1.35. The van der Waals surface area contributed by atoms with Crippen LogP contribution in [0.25, 0.3) is 0 Å². The maximum absolute atomic E-state index is 6.18. The van der Waals surface area contributed by atoms with Gasteiger partial charge in [-0.15, -0.1) is 10.2 Å². The molecule has 2 aromatic rings. The molecule has 0 saturated carbocycles. The van der Waals surface area contributed by atoms with E-state index in [2.05, 4.69) is 59.8 Å². The maximum atomic E-state index is 6.18. The Balaban J connectivity index is 2.16. The summed E-state index contributed by atoms with van der Waals surface area (Å²) < 4.78 is 2.05. The Morgan fingerprint density at radius 1 is 1.16 bits per heavy atom. The molecular formula is C15H20ClN3. The highest BCUT2D eigenvalue weighted by atomic mass is 35.5. The van der Waals surface area contributed by atoms with E-state index in [1.807, 2.05) is 6.07 Å². The van der Waals surface area contributed by atoms with Crippen molar-refractivity contribution in [1.82, 2.24) is 14.8 Å². The van der Waals surface area contributed by atoms with Gasteiger partial charge in [-0.3, -0.25) is 4.57 Å². The third kappa shape index (κ3) is 3.16. The minimum Gasteiger partial charge on any atom is -0.296 e. The third-order valence-corrected chi connectivity index (χ3v) is 3.73. The van der Waals surface area contributed by atoms with E-state index >= 15 is 0 Å². The van der Waals surface area contributed by atoms with Crippen molar-refractivity contribution in [2.24, 2.45) is 0 Å². The highest BCUT2D eigenvalue weighted by Gasteiger charge is 2.25. The maximum Gasteiger partial charge on any atom is 0.225 e. The lowest BCUT2D eigenvalue weighted by molar-refractivity contribution is 0.318. The van der Waals surface area contributed by atoms with Gasteiger partial charge in [0.15, 0.2) is 0 Å². The van der Waals surface area contributed by atoms with Crippen LogP contribution in [0.3, 0.4) is 0 Å². The van der Waals surface area contributed by atoms with Gasteiger partial charge in [0.25, 0.3) is 0 Å². The molecule has 0 radical (unpaired) electrons. The summed E-state index contributed by atoms with van der Waals surface area (Å²) in [4.78, 5) is 0. The Bertz CT molecular complexity index is 532. The van der Waals surface area contributed by atoms with Crippen molar-refractivity contribution < 1.29 is 0 Å². The lowest BCUT2D eigenvalue weighted by Gasteiger charge is -2.28. The van der Waals surface area contributed by atoms with Crippen LogP contribution in [0, 0.1) is 0 Å². The molecule has 0 bridgehead atoms. The third-order valence-electron chi connectivity index (χ3n) is 3.48. The minimum atomic E-state index is -0.0816. The van der Waals surface area contributed by atoms with Gasteiger partial charge >= 0.3 is 0 Å². The number of hydrogen-bond acceptors (Lipinski definition) is 2. The van der Waals surface area contributed by atoms with Crippen LogP contribution in [-0.4, -0.2) is 14.8 Å². The molecule has 0 aliphatic rings. The van der Waals surface area contributed by atoms with Crippen LogP contribution >= 0.6 is 11.6 Å². The molecule has 2 rings (SSSR count). The fraction of sp³-hybridized carbons (Fsp3) is 0.467. The molecule has 0 aliphatic carbocycles. The monoisotopic (exact) mass is 277 g/mol. The molecule has 0 N–H and O–H groups in total. The topological polar surface area (TPSA) is 30.7 Å². The number of aryl methyl sites for hydroxylation is 2. The van der Waals surface area contributed by atoms with Crippen LogP contribution in [0.4, 0.5) is 0 Å². The molecule has 19 heavy (non-hydrogen) atoms. The van der Waals surface area contributed by atoms with Gasteiger partial charge in [-0.2, -0.15) is 0 Å². The lowest BCUT2D eigenvalue weighted by Crippen LogP contribution is -2.29. The molecule has 1 aromatic heterocycles. The van der Waals surface area contributed by atoms with Gasteiger partial charge < -0.3 is 0 Å². The van der Waals surface area contributed by atoms with Crippen LogP contribution in [0.2, 0.25) is 5.28 Å². The zero-order valence-corrected chi connectivity index (χ0v) is 12.5. The number of hydrogen-bond donors (Lipinski definition) is 0. The zero-order valence-electron chi connectivity index (χ0n) is 11.7. The largest absolute Gasteiger partial charge is 0.296 e. The van der Waals surface area contributed by atoms with Crippen LogP contribution in [0.15, 0.2) is 30.3 Å². The van der Waals surface area contributed by atoms with Crippen molar-refractivity contribution >= 4 is 11.6 Å². The van der Waals surface area contributed by atoms with Crippen molar-refractivity contribution in [3.05, 3.63) is 47.0 Å². The first-order valence-corrected chi connectivity index (χ1v) is 7.06. The smallest absolute Gasteiger partial charge is 0.225 e. The average Bonchev–Trinajstić information content (AvgIpc) is 2.80. The second-order valence-corrected chi connectivity index (χ2v) is 5.71. The molecular weight excluding hydrogens is 258 g/mol. The highest BCUT2D eigenvalue weighted by Crippen LogP contribution is 2.27. The van der Waals surface area contributed by atoms with E-state index < -0.39 is 0 Å². The molecule has 0 fully saturated rings. The molecule has 0 amide bonds. The van der Waals surface area contributed by atoms with E-state index in [0.29, 0.717) is 5.28 Å². The van der Waals surface area contributed by atoms with Crippen molar-refractivity contribution in [2.75, 3.05) is 0 Å². The van der Waals surface area contributed by atoms with Gasteiger partial charge in [-0.25, -0.2) is 0 Å². The minimum absolute atomic E-state index is 0.0816. The molecule has 0 aliphatic heterocycles. The van der Waals surface area contributed by atoms with E-state index in [4.69, 9.17) is 11.6 Å². The van der Waals surface area contributed by atoms with E-state index in [1.165, 1.54) is 5.56 Å². The summed E-state index contributed by atoms with van der Waals surface area (Å²) in [7, 11) is 0. The van der Waals surface area contributed by atoms with Crippen molar-refractivity contribution in [3.8, 4) is 0 Å². The summed E-state index contributed by atoms with van der Waals surface area (Å²) in [5.74, 6) is 0.947. The second-order valence-electron chi connectivity index (χ2n) is 5.37. The van der Waals surface area contributed by atoms with Gasteiger partial charge in [-0.1, -0.05) is 37.3 Å². The van der Waals surface area contributed by atoms with Gasteiger partial charge in [-0.05, 0) is 43.9 Å². The average molecular weight is 278 g/mol. The van der Waals surface area contributed by atoms with Gasteiger partial charge in [0.05, 0.1) is 0 Å². The van der Waals surface area contributed by atoms with Crippen molar-refractivity contribution in [2.45, 2.75) is 45.6 Å². The summed E-state index contributed by atoms with van der Waals surface area (Å²) >= 11 is 6.18. The van der Waals surface area contributed by atoms with E-state index in [-0.39, 0.29) is 5.54 Å². The molecule has 1 heterocycles. The number of aromatic nitrogens is 3. The van der Waals surface area contributed by atoms with E-state index in [1.54, 1.807) is 0 Å². The summed E-state index contributed by atoms with van der Waals surface area (Å²) in [6.07, 6.45) is 2.86. The predicted octanol–water partition coefficient (Wildman–Crippen LogP) is 3.86. The number of rotatable bonds is 5. The molecule has 3 nitrogen and oxygen atoms in total. The Morgan fingerprint density at radius 2 is 1.84 bits per heavy atom. The molecule has 1 aromatic carbocycles. The Morgan fingerprint density at radius 3 is 2.47 bits per heavy atom. The standard InChI is InChI=1S/C15H20ClN3/c1-4-13-17-18-14(16)19(13)15(2,3)11-10-12-8-6-5-7-9-12/h5-9H,4,10-11H2,1-3H3. The van der Waals surface area contributed by atoms with Gasteiger partial charge in [0, 0.05) is 12.0 Å². The first kappa shape index (κ1) is 14.1. The van der Waals surface area contributed by atoms with Crippen LogP contribution < -0.4 is 0 Å². The second kappa shape index (κ2) is 5.74. The van der Waals surface area contributed by atoms with E-state index in [0.717, 1.165) is 25.1 Å². The first-order chi connectivity index (χ1) is 9.04. The van der Waals surface area contributed by atoms with Crippen LogP contribution in [0.1, 0.15) is 38.6 Å². The summed E-state index contributed by atoms with van der Waals surface area (Å²) in [5.41, 5.74) is 1.26. The van der Waals surface area contributed by atoms with Crippen LogP contribution in [-0.2, 0) is 18.4 Å². The predicted molar refractivity (Wildman–Crippen MR) is 78.5 cm³/mol. The van der Waals surface area contributed by atoms with Gasteiger partial charge in [0.2, 0.25) is 5.28 Å². The molecule has 0 atom stereocenters. The van der Waals surface area contributed by atoms with Crippen molar-refractivity contribution in [3.63, 3.8) is 0 Å². The zero-order chi connectivity index (χ0) is 13.9. The normalized spacial score (nSPS) is 11.8. The molecule has 0 spiro atoms. The molecule has 0 saturated heterocycles. The van der Waals surface area contributed by atoms with Gasteiger partial charge in [0.1, 0.15) is 5.82 Å². The fourth-order valence-electron chi connectivity index (χ4n) is 2.33. The molecule has 4 heteroatoms. The summed E-state index contributed by atoms with van der Waals surface area (Å²) in [6, 6.07) is 10.5. The van der Waals surface area contributed by atoms with Crippen LogP contribution in [0.5, 0.6) is 0 Å². The number of benzene rings is 1. The summed E-state index contributed by atoms with van der Waals surface area (Å²) in [6.45, 7) is 6.44. The quantitative estimate of drug-likeness (QED) is 0.831. The Labute approximate surface area is 119 Å². The highest BCUT2D eigenvalue weighted by molar-refractivity contribution is 6.28. The number of nitrogens with zero attached hydrogens (tertiary/aromatic N) is 3.